The fourth-order valence-corrected chi connectivity index (χ4v) is 3.11. The molecule has 0 spiro atoms. The fourth-order valence-electron chi connectivity index (χ4n) is 3.11. The quantitative estimate of drug-likeness (QED) is 0.751. The van der Waals surface area contributed by atoms with E-state index in [0.29, 0.717) is 5.75 Å². The summed E-state index contributed by atoms with van der Waals surface area (Å²) in [7, 11) is 1.59. The van der Waals surface area contributed by atoms with Gasteiger partial charge in [0.05, 0.1) is 13.2 Å². The van der Waals surface area contributed by atoms with Crippen LogP contribution in [0.25, 0.3) is 0 Å². The maximum atomic E-state index is 12.7. The van der Waals surface area contributed by atoms with E-state index in [-0.39, 0.29) is 6.54 Å². The van der Waals surface area contributed by atoms with E-state index in [1.165, 1.54) is 0 Å². The number of nitrogens with one attached hydrogen (secondary N) is 2. The number of hydrogen-bond acceptors (Lipinski definition) is 4. The van der Waals surface area contributed by atoms with E-state index in [4.69, 9.17) is 4.74 Å². The summed E-state index contributed by atoms with van der Waals surface area (Å²) in [5.41, 5.74) is 0.739. The molecule has 7 nitrogen and oxygen atoms in total. The third-order valence-corrected chi connectivity index (χ3v) is 4.63. The van der Waals surface area contributed by atoms with Crippen LogP contribution < -0.4 is 15.4 Å². The van der Waals surface area contributed by atoms with Crippen LogP contribution in [0.15, 0.2) is 54.6 Å². The van der Waals surface area contributed by atoms with Crippen LogP contribution in [0.1, 0.15) is 31.0 Å². The van der Waals surface area contributed by atoms with Crippen molar-refractivity contribution < 1.29 is 19.1 Å². The van der Waals surface area contributed by atoms with Crippen LogP contribution in [0, 0.1) is 0 Å². The van der Waals surface area contributed by atoms with Crippen molar-refractivity contribution in [1.29, 1.82) is 0 Å². The van der Waals surface area contributed by atoms with Gasteiger partial charge in [0.15, 0.2) is 0 Å². The number of hydrogen-bond donors (Lipinski definition) is 2. The molecule has 0 unspecified atom stereocenters. The number of carbonyl (C=O) groups excluding carboxylic acids is 3. The zero-order valence-corrected chi connectivity index (χ0v) is 16.1. The van der Waals surface area contributed by atoms with Crippen LogP contribution in [0.5, 0.6) is 5.75 Å². The molecular weight excluding hydrogens is 358 g/mol. The summed E-state index contributed by atoms with van der Waals surface area (Å²) in [4.78, 5) is 38.0. The SMILES string of the molecule is COc1ccc([C@@H](NC(=O)CN2C(=O)NC(C)(C)C2=O)c2ccccc2)cc1. The second kappa shape index (κ2) is 7.72. The van der Waals surface area contributed by atoms with E-state index in [1.807, 2.05) is 54.6 Å². The lowest BCUT2D eigenvalue weighted by molar-refractivity contribution is -0.134. The molecule has 0 saturated carbocycles. The lowest BCUT2D eigenvalue weighted by atomic mass is 9.98. The Bertz CT molecular complexity index is 878. The standard InChI is InChI=1S/C21H23N3O4/c1-21(2)19(26)24(20(27)23-21)13-17(25)22-18(14-7-5-4-6-8-14)15-9-11-16(28-3)12-10-15/h4-12,18H,13H2,1-3H3,(H,22,25)(H,23,27)/t18-/m0/s1. The summed E-state index contributed by atoms with van der Waals surface area (Å²) in [5, 5.41) is 5.50. The number of methoxy groups -OCH3 is 1. The van der Waals surface area contributed by atoms with Crippen molar-refractivity contribution in [3.05, 3.63) is 65.7 Å². The van der Waals surface area contributed by atoms with Gasteiger partial charge in [0.2, 0.25) is 5.91 Å². The van der Waals surface area contributed by atoms with Crippen LogP contribution in [0.2, 0.25) is 0 Å². The van der Waals surface area contributed by atoms with Crippen molar-refractivity contribution >= 4 is 17.8 Å². The van der Waals surface area contributed by atoms with E-state index < -0.39 is 29.4 Å². The average Bonchev–Trinajstić information content (AvgIpc) is 2.88. The number of imide groups is 1. The van der Waals surface area contributed by atoms with E-state index >= 15 is 0 Å². The summed E-state index contributed by atoms with van der Waals surface area (Å²) in [6.45, 7) is 2.87. The van der Waals surface area contributed by atoms with E-state index in [2.05, 4.69) is 10.6 Å². The van der Waals surface area contributed by atoms with Gasteiger partial charge < -0.3 is 15.4 Å². The molecule has 28 heavy (non-hydrogen) atoms. The Morgan fingerprint density at radius 2 is 1.68 bits per heavy atom. The van der Waals surface area contributed by atoms with Crippen molar-refractivity contribution in [2.24, 2.45) is 0 Å². The zero-order valence-electron chi connectivity index (χ0n) is 16.1. The topological polar surface area (TPSA) is 87.7 Å². The third-order valence-electron chi connectivity index (χ3n) is 4.63. The van der Waals surface area contributed by atoms with E-state index in [1.54, 1.807) is 21.0 Å². The number of rotatable bonds is 6. The maximum Gasteiger partial charge on any atom is 0.325 e. The molecule has 3 rings (SSSR count). The lowest BCUT2D eigenvalue weighted by Gasteiger charge is -2.22. The number of ether oxygens (including phenoxy) is 1. The normalized spacial score (nSPS) is 16.5. The summed E-state index contributed by atoms with van der Waals surface area (Å²) < 4.78 is 5.19. The molecule has 2 aromatic carbocycles. The predicted octanol–water partition coefficient (Wildman–Crippen LogP) is 2.23. The van der Waals surface area contributed by atoms with E-state index in [0.717, 1.165) is 16.0 Å². The zero-order chi connectivity index (χ0) is 20.3. The molecule has 1 aliphatic heterocycles. The Labute approximate surface area is 163 Å². The van der Waals surface area contributed by atoms with Gasteiger partial charge in [-0.15, -0.1) is 0 Å². The number of urea groups is 1. The number of benzene rings is 2. The first-order valence-corrected chi connectivity index (χ1v) is 8.94. The van der Waals surface area contributed by atoms with Gasteiger partial charge in [0.25, 0.3) is 5.91 Å². The molecule has 2 aromatic rings. The van der Waals surface area contributed by atoms with Crippen LogP contribution in [-0.2, 0) is 9.59 Å². The summed E-state index contributed by atoms with van der Waals surface area (Å²) in [6, 6.07) is 15.9. The Hall–Kier alpha value is -3.35. The first-order valence-electron chi connectivity index (χ1n) is 8.94. The highest BCUT2D eigenvalue weighted by Crippen LogP contribution is 2.24. The van der Waals surface area contributed by atoms with Crippen molar-refractivity contribution in [3.8, 4) is 5.75 Å². The average molecular weight is 381 g/mol. The third kappa shape index (κ3) is 3.98. The molecule has 1 fully saturated rings. The minimum atomic E-state index is -1.01. The Morgan fingerprint density at radius 1 is 1.07 bits per heavy atom. The molecule has 0 bridgehead atoms. The number of amides is 4. The smallest absolute Gasteiger partial charge is 0.325 e. The van der Waals surface area contributed by atoms with Crippen molar-refractivity contribution in [1.82, 2.24) is 15.5 Å². The van der Waals surface area contributed by atoms with Gasteiger partial charge in [-0.2, -0.15) is 0 Å². The Kier molecular flexibility index (Phi) is 5.35. The largest absolute Gasteiger partial charge is 0.497 e. The maximum absolute atomic E-state index is 12.7. The first kappa shape index (κ1) is 19.4. The minimum absolute atomic E-state index is 0.340. The Morgan fingerprint density at radius 3 is 2.21 bits per heavy atom. The van der Waals surface area contributed by atoms with Gasteiger partial charge in [-0.05, 0) is 37.1 Å². The summed E-state index contributed by atoms with van der Waals surface area (Å²) in [6.07, 6.45) is 0. The molecule has 0 radical (unpaired) electrons. The van der Waals surface area contributed by atoms with Crippen LogP contribution in [-0.4, -0.2) is 41.9 Å². The second-order valence-corrected chi connectivity index (χ2v) is 7.13. The van der Waals surface area contributed by atoms with Crippen molar-refractivity contribution in [2.75, 3.05) is 13.7 Å². The van der Waals surface area contributed by atoms with Crippen LogP contribution >= 0.6 is 0 Å². The molecule has 1 heterocycles. The minimum Gasteiger partial charge on any atom is -0.497 e. The highest BCUT2D eigenvalue weighted by Gasteiger charge is 2.45. The van der Waals surface area contributed by atoms with Gasteiger partial charge in [-0.25, -0.2) is 4.79 Å². The number of carbonyl (C=O) groups is 3. The van der Waals surface area contributed by atoms with Crippen LogP contribution in [0.4, 0.5) is 4.79 Å². The molecule has 1 aliphatic rings. The molecule has 1 atom stereocenters. The van der Waals surface area contributed by atoms with Gasteiger partial charge in [-0.1, -0.05) is 42.5 Å². The summed E-state index contributed by atoms with van der Waals surface area (Å²) in [5.74, 6) is -0.136. The lowest BCUT2D eigenvalue weighted by Crippen LogP contribution is -2.43. The monoisotopic (exact) mass is 381 g/mol. The van der Waals surface area contributed by atoms with Crippen molar-refractivity contribution in [2.45, 2.75) is 25.4 Å². The molecule has 0 aliphatic carbocycles. The molecule has 0 aromatic heterocycles. The predicted molar refractivity (Wildman–Crippen MR) is 104 cm³/mol. The van der Waals surface area contributed by atoms with Crippen LogP contribution in [0.3, 0.4) is 0 Å². The fraction of sp³-hybridized carbons (Fsp3) is 0.286. The molecule has 146 valence electrons. The van der Waals surface area contributed by atoms with Crippen molar-refractivity contribution in [3.63, 3.8) is 0 Å². The first-order chi connectivity index (χ1) is 13.3. The van der Waals surface area contributed by atoms with Gasteiger partial charge in [0, 0.05) is 0 Å². The van der Waals surface area contributed by atoms with Gasteiger partial charge in [-0.3, -0.25) is 14.5 Å². The highest BCUT2D eigenvalue weighted by atomic mass is 16.5. The van der Waals surface area contributed by atoms with Gasteiger partial charge >= 0.3 is 6.03 Å². The Balaban J connectivity index is 1.80. The molecule has 2 N–H and O–H groups in total. The molecular formula is C21H23N3O4. The molecule has 7 heteroatoms. The second-order valence-electron chi connectivity index (χ2n) is 7.13. The van der Waals surface area contributed by atoms with E-state index in [9.17, 15) is 14.4 Å². The number of nitrogens with zero attached hydrogens (tertiary/aromatic N) is 1. The summed E-state index contributed by atoms with van der Waals surface area (Å²) >= 11 is 0. The molecule has 1 saturated heterocycles. The molecule has 4 amide bonds. The highest BCUT2D eigenvalue weighted by molar-refractivity contribution is 6.08. The van der Waals surface area contributed by atoms with Gasteiger partial charge in [0.1, 0.15) is 17.8 Å².